The molecule has 2 heterocycles. The fourth-order valence-corrected chi connectivity index (χ4v) is 1.56. The van der Waals surface area contributed by atoms with E-state index >= 15 is 0 Å². The van der Waals surface area contributed by atoms with E-state index < -0.39 is 0 Å². The van der Waals surface area contributed by atoms with Gasteiger partial charge in [0.05, 0.1) is 25.4 Å². The minimum Gasteiger partial charge on any atom is -0.372 e. The molecule has 0 aromatic heterocycles. The molecule has 3 heteroatoms. The molecule has 0 aromatic carbocycles. The standard InChI is InChI=1S/C10H19NO2/c1-2-3-4-11(5-9-7-12-9)6-10-8-13-10/h9-10H,2-8H2,1H3. The normalized spacial score (nSPS) is 30.9. The van der Waals surface area contributed by atoms with Gasteiger partial charge in [0, 0.05) is 13.1 Å². The van der Waals surface area contributed by atoms with E-state index in [1.807, 2.05) is 0 Å². The lowest BCUT2D eigenvalue weighted by Gasteiger charge is -2.19. The minimum atomic E-state index is 0.524. The van der Waals surface area contributed by atoms with Crippen molar-refractivity contribution < 1.29 is 9.47 Å². The van der Waals surface area contributed by atoms with Crippen LogP contribution >= 0.6 is 0 Å². The smallest absolute Gasteiger partial charge is 0.0936 e. The summed E-state index contributed by atoms with van der Waals surface area (Å²) in [4.78, 5) is 2.48. The molecule has 0 radical (unpaired) electrons. The van der Waals surface area contributed by atoms with Crippen LogP contribution in [0.2, 0.25) is 0 Å². The van der Waals surface area contributed by atoms with Crippen LogP contribution in [-0.4, -0.2) is 50.0 Å². The molecular weight excluding hydrogens is 166 g/mol. The van der Waals surface area contributed by atoms with E-state index in [0.717, 1.165) is 26.3 Å². The number of nitrogens with zero attached hydrogens (tertiary/aromatic N) is 1. The van der Waals surface area contributed by atoms with Crippen molar-refractivity contribution in [3.05, 3.63) is 0 Å². The Labute approximate surface area is 80.0 Å². The maximum atomic E-state index is 5.24. The zero-order chi connectivity index (χ0) is 9.10. The summed E-state index contributed by atoms with van der Waals surface area (Å²) in [6, 6.07) is 0. The highest BCUT2D eigenvalue weighted by molar-refractivity contribution is 4.79. The lowest BCUT2D eigenvalue weighted by atomic mass is 10.3. The summed E-state index contributed by atoms with van der Waals surface area (Å²) in [6.45, 7) is 7.59. The molecule has 0 N–H and O–H groups in total. The third-order valence-electron chi connectivity index (χ3n) is 2.56. The molecule has 2 saturated heterocycles. The van der Waals surface area contributed by atoms with Gasteiger partial charge in [0.25, 0.3) is 0 Å². The van der Waals surface area contributed by atoms with E-state index in [0.29, 0.717) is 12.2 Å². The molecule has 13 heavy (non-hydrogen) atoms. The zero-order valence-corrected chi connectivity index (χ0v) is 8.37. The molecule has 76 valence electrons. The molecule has 0 saturated carbocycles. The Morgan fingerprint density at radius 2 is 1.69 bits per heavy atom. The highest BCUT2D eigenvalue weighted by Gasteiger charge is 2.30. The molecule has 2 aliphatic rings. The molecule has 3 nitrogen and oxygen atoms in total. The van der Waals surface area contributed by atoms with E-state index in [9.17, 15) is 0 Å². The highest BCUT2D eigenvalue weighted by Crippen LogP contribution is 2.15. The summed E-state index contributed by atoms with van der Waals surface area (Å²) in [6.07, 6.45) is 3.61. The molecule has 0 bridgehead atoms. The Morgan fingerprint density at radius 1 is 1.15 bits per heavy atom. The largest absolute Gasteiger partial charge is 0.372 e. The molecule has 2 aliphatic heterocycles. The number of unbranched alkanes of at least 4 members (excludes halogenated alkanes) is 1. The van der Waals surface area contributed by atoms with Gasteiger partial charge in [0.1, 0.15) is 0 Å². The maximum absolute atomic E-state index is 5.24. The van der Waals surface area contributed by atoms with Gasteiger partial charge in [-0.2, -0.15) is 0 Å². The van der Waals surface area contributed by atoms with Crippen molar-refractivity contribution in [1.29, 1.82) is 0 Å². The first-order valence-electron chi connectivity index (χ1n) is 5.34. The molecule has 0 amide bonds. The predicted octanol–water partition coefficient (Wildman–Crippen LogP) is 0.886. The Kier molecular flexibility index (Phi) is 3.19. The second kappa shape index (κ2) is 4.40. The van der Waals surface area contributed by atoms with E-state index in [4.69, 9.17) is 9.47 Å². The zero-order valence-electron chi connectivity index (χ0n) is 8.37. The van der Waals surface area contributed by atoms with Gasteiger partial charge in [-0.1, -0.05) is 13.3 Å². The van der Waals surface area contributed by atoms with Crippen LogP contribution in [0.4, 0.5) is 0 Å². The first kappa shape index (κ1) is 9.44. The average molecular weight is 185 g/mol. The number of hydrogen-bond donors (Lipinski definition) is 0. The van der Waals surface area contributed by atoms with Crippen LogP contribution in [0.25, 0.3) is 0 Å². The summed E-state index contributed by atoms with van der Waals surface area (Å²) in [5.41, 5.74) is 0. The molecule has 2 unspecified atom stereocenters. The van der Waals surface area contributed by atoms with Crippen molar-refractivity contribution in [1.82, 2.24) is 4.90 Å². The number of epoxide rings is 2. The molecule has 0 aliphatic carbocycles. The molecule has 2 rings (SSSR count). The summed E-state index contributed by atoms with van der Waals surface area (Å²) in [5.74, 6) is 0. The van der Waals surface area contributed by atoms with Gasteiger partial charge < -0.3 is 9.47 Å². The molecule has 0 spiro atoms. The van der Waals surface area contributed by atoms with Crippen LogP contribution < -0.4 is 0 Å². The van der Waals surface area contributed by atoms with Crippen molar-refractivity contribution in [2.75, 3.05) is 32.8 Å². The quantitative estimate of drug-likeness (QED) is 0.551. The van der Waals surface area contributed by atoms with Crippen molar-refractivity contribution >= 4 is 0 Å². The van der Waals surface area contributed by atoms with Gasteiger partial charge >= 0.3 is 0 Å². The third-order valence-corrected chi connectivity index (χ3v) is 2.56. The van der Waals surface area contributed by atoms with Gasteiger partial charge in [-0.15, -0.1) is 0 Å². The van der Waals surface area contributed by atoms with E-state index in [2.05, 4.69) is 11.8 Å². The molecular formula is C10H19NO2. The summed E-state index contributed by atoms with van der Waals surface area (Å²) in [5, 5.41) is 0. The fraction of sp³-hybridized carbons (Fsp3) is 1.00. The summed E-state index contributed by atoms with van der Waals surface area (Å²) in [7, 11) is 0. The Morgan fingerprint density at radius 3 is 2.08 bits per heavy atom. The van der Waals surface area contributed by atoms with Crippen LogP contribution in [0.1, 0.15) is 19.8 Å². The van der Waals surface area contributed by atoms with Crippen molar-refractivity contribution in [3.63, 3.8) is 0 Å². The SMILES string of the molecule is CCCCN(CC1CO1)CC1CO1. The van der Waals surface area contributed by atoms with Crippen LogP contribution in [0.5, 0.6) is 0 Å². The number of ether oxygens (including phenoxy) is 2. The van der Waals surface area contributed by atoms with Crippen molar-refractivity contribution in [2.45, 2.75) is 32.0 Å². The van der Waals surface area contributed by atoms with Crippen LogP contribution in [0.15, 0.2) is 0 Å². The first-order valence-corrected chi connectivity index (χ1v) is 5.34. The molecule has 0 aromatic rings. The van der Waals surface area contributed by atoms with Gasteiger partial charge in [0.15, 0.2) is 0 Å². The van der Waals surface area contributed by atoms with E-state index in [1.165, 1.54) is 19.4 Å². The Hall–Kier alpha value is -0.120. The summed E-state index contributed by atoms with van der Waals surface area (Å²) >= 11 is 0. The Balaban J connectivity index is 1.64. The number of rotatable bonds is 7. The maximum Gasteiger partial charge on any atom is 0.0936 e. The van der Waals surface area contributed by atoms with Crippen LogP contribution in [0.3, 0.4) is 0 Å². The van der Waals surface area contributed by atoms with E-state index in [-0.39, 0.29) is 0 Å². The van der Waals surface area contributed by atoms with Crippen LogP contribution in [0, 0.1) is 0 Å². The van der Waals surface area contributed by atoms with Crippen molar-refractivity contribution in [3.8, 4) is 0 Å². The second-order valence-corrected chi connectivity index (χ2v) is 4.02. The molecule has 2 fully saturated rings. The van der Waals surface area contributed by atoms with Gasteiger partial charge in [-0.25, -0.2) is 0 Å². The fourth-order valence-electron chi connectivity index (χ4n) is 1.56. The first-order chi connectivity index (χ1) is 6.38. The monoisotopic (exact) mass is 185 g/mol. The lowest BCUT2D eigenvalue weighted by Crippen LogP contribution is -2.32. The Bertz CT molecular complexity index is 141. The minimum absolute atomic E-state index is 0.524. The van der Waals surface area contributed by atoms with Crippen LogP contribution in [-0.2, 0) is 9.47 Å². The average Bonchev–Trinajstić information content (AvgIpc) is 2.94. The summed E-state index contributed by atoms with van der Waals surface area (Å²) < 4.78 is 10.5. The predicted molar refractivity (Wildman–Crippen MR) is 50.8 cm³/mol. The van der Waals surface area contributed by atoms with Gasteiger partial charge in [-0.05, 0) is 13.0 Å². The van der Waals surface area contributed by atoms with Gasteiger partial charge in [0.2, 0.25) is 0 Å². The molecule has 2 atom stereocenters. The second-order valence-electron chi connectivity index (χ2n) is 4.02. The highest BCUT2D eigenvalue weighted by atomic mass is 16.6. The van der Waals surface area contributed by atoms with Gasteiger partial charge in [-0.3, -0.25) is 4.90 Å². The third kappa shape index (κ3) is 3.63. The number of hydrogen-bond acceptors (Lipinski definition) is 3. The van der Waals surface area contributed by atoms with E-state index in [1.54, 1.807) is 0 Å². The lowest BCUT2D eigenvalue weighted by molar-refractivity contribution is 0.217. The van der Waals surface area contributed by atoms with Crippen molar-refractivity contribution in [2.24, 2.45) is 0 Å². The topological polar surface area (TPSA) is 28.3 Å².